The van der Waals surface area contributed by atoms with Crippen LogP contribution in [0.5, 0.6) is 0 Å². The molecule has 0 aromatic heterocycles. The molecule has 5 nitrogen and oxygen atoms in total. The lowest BCUT2D eigenvalue weighted by atomic mass is 10.4. The second-order valence-electron chi connectivity index (χ2n) is 4.89. The molecule has 0 aromatic rings. The number of esters is 1. The van der Waals surface area contributed by atoms with Crippen LogP contribution in [-0.4, -0.2) is 40.5 Å². The van der Waals surface area contributed by atoms with E-state index in [-0.39, 0.29) is 6.61 Å². The Kier molecular flexibility index (Phi) is 9.45. The molecule has 0 aliphatic heterocycles. The van der Waals surface area contributed by atoms with Gasteiger partial charge >= 0.3 is 17.6 Å². The third kappa shape index (κ3) is 5.40. The maximum absolute atomic E-state index is 13.3. The number of hydrogen-bond donors (Lipinski definition) is 0. The molecule has 0 amide bonds. The largest absolute Gasteiger partial charge is 0.460 e. The van der Waals surface area contributed by atoms with Gasteiger partial charge in [-0.2, -0.15) is 0 Å². The number of ether oxygens (including phenoxy) is 1. The highest BCUT2D eigenvalue weighted by Gasteiger charge is 2.58. The first-order valence-electron chi connectivity index (χ1n) is 7.26. The summed E-state index contributed by atoms with van der Waals surface area (Å²) >= 11 is 12.3. The van der Waals surface area contributed by atoms with Gasteiger partial charge in [-0.15, -0.1) is 0 Å². The number of carbonyl (C=O) groups excluding carboxylic acids is 1. The Bertz CT molecular complexity index is 371. The SMILES string of the molecule is CCCN(CCC)P(=O)(OCC)C(Cl)(Cl)C(=O)OC(C)C. The van der Waals surface area contributed by atoms with Gasteiger partial charge in [0.05, 0.1) is 12.7 Å². The van der Waals surface area contributed by atoms with Gasteiger partial charge in [-0.25, -0.2) is 9.46 Å². The van der Waals surface area contributed by atoms with Gasteiger partial charge in [-0.3, -0.25) is 4.57 Å². The molecule has 0 saturated carbocycles. The number of alkyl halides is 2. The molecule has 0 heterocycles. The minimum Gasteiger partial charge on any atom is -0.460 e. The number of halogens is 2. The molecule has 0 bridgehead atoms. The Morgan fingerprint density at radius 1 is 1.19 bits per heavy atom. The van der Waals surface area contributed by atoms with Crippen LogP contribution in [0.3, 0.4) is 0 Å². The summed E-state index contributed by atoms with van der Waals surface area (Å²) in [5.41, 5.74) is 0. The number of nitrogens with zero attached hydrogens (tertiary/aromatic N) is 1. The number of carbonyl (C=O) groups is 1. The van der Waals surface area contributed by atoms with E-state index in [1.165, 1.54) is 0 Å². The first-order valence-corrected chi connectivity index (χ1v) is 9.59. The monoisotopic (exact) mass is 361 g/mol. The molecule has 1 atom stereocenters. The van der Waals surface area contributed by atoms with Crippen molar-refractivity contribution in [3.8, 4) is 0 Å². The van der Waals surface area contributed by atoms with Gasteiger partial charge in [0.15, 0.2) is 0 Å². The highest BCUT2D eigenvalue weighted by Crippen LogP contribution is 2.66. The second-order valence-corrected chi connectivity index (χ2v) is 9.28. The van der Waals surface area contributed by atoms with Gasteiger partial charge < -0.3 is 9.26 Å². The summed E-state index contributed by atoms with van der Waals surface area (Å²) in [5.74, 6) is -0.935. The van der Waals surface area contributed by atoms with Gasteiger partial charge in [0.25, 0.3) is 0 Å². The third-order valence-electron chi connectivity index (χ3n) is 2.58. The minimum atomic E-state index is -3.79. The highest BCUT2D eigenvalue weighted by molar-refractivity contribution is 7.64. The number of rotatable bonds is 10. The standard InChI is InChI=1S/C13H26Cl2NO4P/c1-6-9-16(10-7-2)21(18,19-8-3)13(14,15)12(17)20-11(4)5/h11H,6-10H2,1-5H3. The van der Waals surface area contributed by atoms with Crippen molar-refractivity contribution in [3.63, 3.8) is 0 Å². The molecule has 126 valence electrons. The maximum atomic E-state index is 13.3. The summed E-state index contributed by atoms with van der Waals surface area (Å²) in [5, 5.41) is 0. The molecular formula is C13H26Cl2NO4P. The summed E-state index contributed by atoms with van der Waals surface area (Å²) in [7, 11) is -3.79. The Labute approximate surface area is 137 Å². The first-order chi connectivity index (χ1) is 9.67. The predicted octanol–water partition coefficient (Wildman–Crippen LogP) is 4.42. The Balaban J connectivity index is 5.58. The Morgan fingerprint density at radius 2 is 1.67 bits per heavy atom. The van der Waals surface area contributed by atoms with E-state index in [1.807, 2.05) is 13.8 Å². The van der Waals surface area contributed by atoms with Crippen molar-refractivity contribution in [3.05, 3.63) is 0 Å². The van der Waals surface area contributed by atoms with Gasteiger partial charge in [0.1, 0.15) is 0 Å². The zero-order valence-electron chi connectivity index (χ0n) is 13.4. The van der Waals surface area contributed by atoms with Crippen LogP contribution in [-0.2, 0) is 18.6 Å². The summed E-state index contributed by atoms with van der Waals surface area (Å²) < 4.78 is 23.0. The van der Waals surface area contributed by atoms with Gasteiger partial charge in [-0.05, 0) is 33.6 Å². The quantitative estimate of drug-likeness (QED) is 0.327. The van der Waals surface area contributed by atoms with Crippen LogP contribution in [0.15, 0.2) is 0 Å². The van der Waals surface area contributed by atoms with Crippen molar-refractivity contribution < 1.29 is 18.6 Å². The molecule has 0 fully saturated rings. The van der Waals surface area contributed by atoms with E-state index in [4.69, 9.17) is 32.5 Å². The maximum Gasteiger partial charge on any atom is 0.354 e. The molecule has 0 aliphatic rings. The van der Waals surface area contributed by atoms with Crippen LogP contribution in [0.1, 0.15) is 47.5 Å². The summed E-state index contributed by atoms with van der Waals surface area (Å²) in [6.45, 7) is 9.98. The Hall–Kier alpha value is 0.200. The molecule has 21 heavy (non-hydrogen) atoms. The van der Waals surface area contributed by atoms with Crippen LogP contribution >= 0.6 is 30.7 Å². The lowest BCUT2D eigenvalue weighted by Gasteiger charge is -2.36. The fraction of sp³-hybridized carbons (Fsp3) is 0.923. The minimum absolute atomic E-state index is 0.136. The van der Waals surface area contributed by atoms with Crippen LogP contribution in [0.2, 0.25) is 0 Å². The second kappa shape index (κ2) is 9.36. The van der Waals surface area contributed by atoms with E-state index in [2.05, 4.69) is 0 Å². The van der Waals surface area contributed by atoms with Crippen LogP contribution in [0.25, 0.3) is 0 Å². The van der Waals surface area contributed by atoms with E-state index in [0.717, 1.165) is 12.8 Å². The van der Waals surface area contributed by atoms with Crippen molar-refractivity contribution in [2.45, 2.75) is 57.6 Å². The summed E-state index contributed by atoms with van der Waals surface area (Å²) in [4.78, 5) is 12.1. The molecule has 0 aromatic carbocycles. The predicted molar refractivity (Wildman–Crippen MR) is 87.1 cm³/mol. The van der Waals surface area contributed by atoms with E-state index in [9.17, 15) is 9.36 Å². The summed E-state index contributed by atoms with van der Waals surface area (Å²) in [6.07, 6.45) is 1.07. The van der Waals surface area contributed by atoms with Gasteiger partial charge in [-0.1, -0.05) is 37.0 Å². The molecule has 0 rings (SSSR count). The lowest BCUT2D eigenvalue weighted by Crippen LogP contribution is -2.39. The third-order valence-corrected chi connectivity index (χ3v) is 6.82. The van der Waals surface area contributed by atoms with Gasteiger partial charge in [0, 0.05) is 13.1 Å². The van der Waals surface area contributed by atoms with Crippen molar-refractivity contribution in [2.75, 3.05) is 19.7 Å². The Morgan fingerprint density at radius 3 is 2.00 bits per heavy atom. The topological polar surface area (TPSA) is 55.8 Å². The van der Waals surface area contributed by atoms with Crippen molar-refractivity contribution in [1.29, 1.82) is 0 Å². The first kappa shape index (κ1) is 21.2. The van der Waals surface area contributed by atoms with Crippen LogP contribution in [0, 0.1) is 0 Å². The van der Waals surface area contributed by atoms with Crippen molar-refractivity contribution in [2.24, 2.45) is 0 Å². The normalized spacial score (nSPS) is 15.3. The fourth-order valence-electron chi connectivity index (χ4n) is 1.81. The molecule has 0 saturated heterocycles. The zero-order chi connectivity index (χ0) is 16.7. The molecule has 0 radical (unpaired) electrons. The average molecular weight is 362 g/mol. The average Bonchev–Trinajstić information content (AvgIpc) is 2.37. The molecule has 0 N–H and O–H groups in total. The molecule has 8 heteroatoms. The van der Waals surface area contributed by atoms with Gasteiger partial charge in [0.2, 0.25) is 0 Å². The fourth-order valence-corrected chi connectivity index (χ4v) is 5.07. The van der Waals surface area contributed by atoms with Crippen molar-refractivity contribution >= 4 is 36.7 Å². The van der Waals surface area contributed by atoms with Crippen LogP contribution in [0.4, 0.5) is 0 Å². The van der Waals surface area contributed by atoms with E-state index in [1.54, 1.807) is 25.4 Å². The molecule has 1 unspecified atom stereocenters. The van der Waals surface area contributed by atoms with Crippen molar-refractivity contribution in [1.82, 2.24) is 4.67 Å². The smallest absolute Gasteiger partial charge is 0.354 e. The molecule has 0 aliphatic carbocycles. The highest BCUT2D eigenvalue weighted by atomic mass is 35.5. The molecular weight excluding hydrogens is 336 g/mol. The zero-order valence-corrected chi connectivity index (χ0v) is 15.8. The van der Waals surface area contributed by atoms with Crippen LogP contribution < -0.4 is 0 Å². The molecule has 0 spiro atoms. The van der Waals surface area contributed by atoms with E-state index >= 15 is 0 Å². The summed E-state index contributed by atoms with van der Waals surface area (Å²) in [6, 6.07) is 0. The number of hydrogen-bond acceptors (Lipinski definition) is 4. The van der Waals surface area contributed by atoms with E-state index < -0.39 is 23.7 Å². The van der Waals surface area contributed by atoms with E-state index in [0.29, 0.717) is 13.1 Å². The lowest BCUT2D eigenvalue weighted by molar-refractivity contribution is -0.146.